The Balaban J connectivity index is 1.60. The molecule has 2 aromatic heterocycles. The Morgan fingerprint density at radius 3 is 3.18 bits per heavy atom. The fourth-order valence-electron chi connectivity index (χ4n) is 1.49. The van der Waals surface area contributed by atoms with Gasteiger partial charge in [-0.05, 0) is 12.8 Å². The third-order valence-electron chi connectivity index (χ3n) is 2.58. The van der Waals surface area contributed by atoms with Gasteiger partial charge in [0.1, 0.15) is 5.82 Å². The molecule has 1 aliphatic carbocycles. The molecule has 0 aromatic carbocycles. The molecule has 0 spiro atoms. The molecule has 0 radical (unpaired) electrons. The number of nitrogens with one attached hydrogen (secondary N) is 2. The number of aromatic nitrogens is 4. The first kappa shape index (κ1) is 10.0. The van der Waals surface area contributed by atoms with E-state index in [2.05, 4.69) is 25.7 Å². The van der Waals surface area contributed by atoms with E-state index >= 15 is 0 Å². The third-order valence-corrected chi connectivity index (χ3v) is 2.58. The minimum absolute atomic E-state index is 0.173. The number of H-pyrrole nitrogens is 1. The highest BCUT2D eigenvalue weighted by atomic mass is 16.5. The SMILES string of the molecule is O=C(NCc1ccno1)c1n[nH]c(C2CC2)n1. The van der Waals surface area contributed by atoms with Crippen LogP contribution in [0.4, 0.5) is 0 Å². The summed E-state index contributed by atoms with van der Waals surface area (Å²) >= 11 is 0. The van der Waals surface area contributed by atoms with E-state index in [0.29, 0.717) is 11.7 Å². The van der Waals surface area contributed by atoms with Gasteiger partial charge in [-0.15, -0.1) is 5.10 Å². The van der Waals surface area contributed by atoms with Gasteiger partial charge in [-0.2, -0.15) is 0 Å². The molecule has 88 valence electrons. The number of amides is 1. The lowest BCUT2D eigenvalue weighted by molar-refractivity contribution is 0.0937. The predicted molar refractivity (Wildman–Crippen MR) is 56.0 cm³/mol. The Labute approximate surface area is 96.6 Å². The van der Waals surface area contributed by atoms with Gasteiger partial charge in [-0.25, -0.2) is 4.98 Å². The van der Waals surface area contributed by atoms with Crippen LogP contribution in [0, 0.1) is 0 Å². The Hall–Kier alpha value is -2.18. The van der Waals surface area contributed by atoms with Crippen LogP contribution in [-0.4, -0.2) is 26.2 Å². The first-order valence-corrected chi connectivity index (χ1v) is 5.43. The first-order chi connectivity index (χ1) is 8.33. The average molecular weight is 233 g/mol. The summed E-state index contributed by atoms with van der Waals surface area (Å²) in [6, 6.07) is 1.69. The van der Waals surface area contributed by atoms with E-state index in [-0.39, 0.29) is 18.3 Å². The highest BCUT2D eigenvalue weighted by Gasteiger charge is 2.28. The van der Waals surface area contributed by atoms with E-state index in [9.17, 15) is 4.79 Å². The molecule has 0 saturated heterocycles. The third kappa shape index (κ3) is 2.17. The van der Waals surface area contributed by atoms with Crippen molar-refractivity contribution in [3.8, 4) is 0 Å². The summed E-state index contributed by atoms with van der Waals surface area (Å²) < 4.78 is 4.86. The Kier molecular flexibility index (Phi) is 2.36. The topological polar surface area (TPSA) is 96.7 Å². The highest BCUT2D eigenvalue weighted by Crippen LogP contribution is 2.37. The lowest BCUT2D eigenvalue weighted by atomic mass is 10.4. The number of carbonyl (C=O) groups is 1. The molecular weight excluding hydrogens is 222 g/mol. The van der Waals surface area contributed by atoms with Crippen LogP contribution < -0.4 is 5.32 Å². The second-order valence-electron chi connectivity index (χ2n) is 3.98. The molecule has 2 N–H and O–H groups in total. The van der Waals surface area contributed by atoms with E-state index in [4.69, 9.17) is 4.52 Å². The van der Waals surface area contributed by atoms with Gasteiger partial charge in [0, 0.05) is 12.0 Å². The van der Waals surface area contributed by atoms with Gasteiger partial charge in [0.25, 0.3) is 5.91 Å². The summed E-state index contributed by atoms with van der Waals surface area (Å²) in [6.45, 7) is 0.284. The van der Waals surface area contributed by atoms with Crippen molar-refractivity contribution in [2.75, 3.05) is 0 Å². The van der Waals surface area contributed by atoms with Crippen molar-refractivity contribution in [1.29, 1.82) is 0 Å². The molecule has 0 aliphatic heterocycles. The molecule has 7 heteroatoms. The van der Waals surface area contributed by atoms with Crippen LogP contribution in [0.25, 0.3) is 0 Å². The van der Waals surface area contributed by atoms with Crippen LogP contribution >= 0.6 is 0 Å². The van der Waals surface area contributed by atoms with E-state index in [0.717, 1.165) is 18.7 Å². The summed E-state index contributed by atoms with van der Waals surface area (Å²) in [5.41, 5.74) is 0. The minimum atomic E-state index is -0.315. The number of rotatable bonds is 4. The van der Waals surface area contributed by atoms with Crippen molar-refractivity contribution in [3.05, 3.63) is 29.7 Å². The van der Waals surface area contributed by atoms with Gasteiger partial charge in [-0.1, -0.05) is 5.16 Å². The first-order valence-electron chi connectivity index (χ1n) is 5.43. The maximum absolute atomic E-state index is 11.7. The molecule has 1 saturated carbocycles. The van der Waals surface area contributed by atoms with E-state index in [1.54, 1.807) is 6.07 Å². The molecule has 2 aromatic rings. The van der Waals surface area contributed by atoms with E-state index in [1.807, 2.05) is 0 Å². The highest BCUT2D eigenvalue weighted by molar-refractivity contribution is 5.90. The molecule has 7 nitrogen and oxygen atoms in total. The van der Waals surface area contributed by atoms with Crippen LogP contribution in [0.2, 0.25) is 0 Å². The van der Waals surface area contributed by atoms with E-state index < -0.39 is 0 Å². The molecule has 3 rings (SSSR count). The maximum Gasteiger partial charge on any atom is 0.291 e. The maximum atomic E-state index is 11.7. The zero-order valence-corrected chi connectivity index (χ0v) is 9.01. The Morgan fingerprint density at radius 2 is 2.47 bits per heavy atom. The van der Waals surface area contributed by atoms with Crippen LogP contribution in [-0.2, 0) is 6.54 Å². The van der Waals surface area contributed by atoms with Gasteiger partial charge in [-0.3, -0.25) is 9.89 Å². The number of aromatic amines is 1. The fraction of sp³-hybridized carbons (Fsp3) is 0.400. The average Bonchev–Trinajstić information content (AvgIpc) is 2.88. The van der Waals surface area contributed by atoms with Crippen molar-refractivity contribution in [1.82, 2.24) is 25.7 Å². The molecule has 0 atom stereocenters. The Morgan fingerprint density at radius 1 is 1.59 bits per heavy atom. The molecule has 0 unspecified atom stereocenters. The zero-order valence-electron chi connectivity index (χ0n) is 9.01. The molecule has 0 bridgehead atoms. The van der Waals surface area contributed by atoms with Crippen LogP contribution in [0.3, 0.4) is 0 Å². The summed E-state index contributed by atoms with van der Waals surface area (Å²) in [7, 11) is 0. The molecule has 2 heterocycles. The minimum Gasteiger partial charge on any atom is -0.360 e. The number of hydrogen-bond acceptors (Lipinski definition) is 5. The summed E-state index contributed by atoms with van der Waals surface area (Å²) in [4.78, 5) is 15.8. The molecule has 1 fully saturated rings. The summed E-state index contributed by atoms with van der Waals surface area (Å²) in [5.74, 6) is 1.71. The van der Waals surface area contributed by atoms with Crippen LogP contribution in [0.5, 0.6) is 0 Å². The second kappa shape index (κ2) is 4.00. The zero-order chi connectivity index (χ0) is 11.7. The predicted octanol–water partition coefficient (Wildman–Crippen LogP) is 0.600. The monoisotopic (exact) mass is 233 g/mol. The molecular formula is C10H11N5O2. The summed E-state index contributed by atoms with van der Waals surface area (Å²) in [5, 5.41) is 12.9. The van der Waals surface area contributed by atoms with E-state index in [1.165, 1.54) is 6.20 Å². The van der Waals surface area contributed by atoms with Gasteiger partial charge < -0.3 is 9.84 Å². The smallest absolute Gasteiger partial charge is 0.291 e. The van der Waals surface area contributed by atoms with Crippen molar-refractivity contribution >= 4 is 5.91 Å². The lowest BCUT2D eigenvalue weighted by Crippen LogP contribution is -2.23. The second-order valence-corrected chi connectivity index (χ2v) is 3.98. The largest absolute Gasteiger partial charge is 0.360 e. The van der Waals surface area contributed by atoms with Crippen molar-refractivity contribution < 1.29 is 9.32 Å². The molecule has 17 heavy (non-hydrogen) atoms. The van der Waals surface area contributed by atoms with Crippen LogP contribution in [0.1, 0.15) is 41.0 Å². The lowest BCUT2D eigenvalue weighted by Gasteiger charge is -1.97. The van der Waals surface area contributed by atoms with Gasteiger partial charge in [0.2, 0.25) is 5.82 Å². The summed E-state index contributed by atoms with van der Waals surface area (Å²) in [6.07, 6.45) is 3.77. The molecule has 1 aliphatic rings. The number of nitrogens with zero attached hydrogens (tertiary/aromatic N) is 3. The van der Waals surface area contributed by atoms with Gasteiger partial charge in [0.05, 0.1) is 12.7 Å². The standard InChI is InChI=1S/C10H11N5O2/c16-10(11-5-7-3-4-12-17-7)9-13-8(14-15-9)6-1-2-6/h3-4,6H,1-2,5H2,(H,11,16)(H,13,14,15). The van der Waals surface area contributed by atoms with Crippen molar-refractivity contribution in [2.45, 2.75) is 25.3 Å². The van der Waals surface area contributed by atoms with Gasteiger partial charge in [0.15, 0.2) is 5.76 Å². The fourth-order valence-corrected chi connectivity index (χ4v) is 1.49. The van der Waals surface area contributed by atoms with Crippen molar-refractivity contribution in [2.24, 2.45) is 0 Å². The van der Waals surface area contributed by atoms with Crippen LogP contribution in [0.15, 0.2) is 16.8 Å². The van der Waals surface area contributed by atoms with Gasteiger partial charge >= 0.3 is 0 Å². The quantitative estimate of drug-likeness (QED) is 0.806. The normalized spacial score (nSPS) is 14.8. The number of carbonyl (C=O) groups excluding carboxylic acids is 1. The number of hydrogen-bond donors (Lipinski definition) is 2. The molecule has 1 amide bonds. The van der Waals surface area contributed by atoms with Crippen molar-refractivity contribution in [3.63, 3.8) is 0 Å². The Bertz CT molecular complexity index is 515.